The molecule has 3 saturated carbocycles. The Hall–Kier alpha value is -2.23. The van der Waals surface area contributed by atoms with E-state index in [4.69, 9.17) is 4.74 Å². The highest BCUT2D eigenvalue weighted by Gasteiger charge is 2.68. The predicted molar refractivity (Wildman–Crippen MR) is 184 cm³/mol. The van der Waals surface area contributed by atoms with Gasteiger partial charge in [0.15, 0.2) is 5.78 Å². The number of carbonyl (C=O) groups is 3. The average Bonchev–Trinajstić information content (AvgIpc) is 3.76. The Morgan fingerprint density at radius 2 is 1.73 bits per heavy atom. The molecule has 0 bridgehead atoms. The molecule has 4 aliphatic carbocycles. The number of carbonyl (C=O) groups excluding carboxylic acids is 3. The fourth-order valence-electron chi connectivity index (χ4n) is 8.94. The van der Waals surface area contributed by atoms with Crippen molar-refractivity contribution in [2.24, 2.45) is 58.2 Å². The third kappa shape index (κ3) is 8.38. The van der Waals surface area contributed by atoms with Crippen molar-refractivity contribution < 1.29 is 19.1 Å². The molecular formula is C41H62O4. The zero-order valence-electron chi connectivity index (χ0n) is 30.0. The number of ketones is 2. The van der Waals surface area contributed by atoms with E-state index in [1.165, 1.54) is 12.8 Å². The number of rotatable bonds is 15. The molecule has 8 atom stereocenters. The summed E-state index contributed by atoms with van der Waals surface area (Å²) in [4.78, 5) is 41.2. The van der Waals surface area contributed by atoms with E-state index in [0.717, 1.165) is 49.7 Å². The Kier molecular flexibility index (Phi) is 10.7. The first-order valence-electron chi connectivity index (χ1n) is 17.9. The van der Waals surface area contributed by atoms with Gasteiger partial charge in [-0.05, 0) is 118 Å². The molecule has 0 aromatic rings. The minimum Gasteiger partial charge on any atom is -0.460 e. The summed E-state index contributed by atoms with van der Waals surface area (Å²) in [7, 11) is 0. The highest BCUT2D eigenvalue weighted by Crippen LogP contribution is 2.72. The van der Waals surface area contributed by atoms with Gasteiger partial charge in [0, 0.05) is 17.8 Å². The summed E-state index contributed by atoms with van der Waals surface area (Å²) in [6, 6.07) is 0. The maximum absolute atomic E-state index is 14.4. The summed E-state index contributed by atoms with van der Waals surface area (Å²) < 4.78 is 5.66. The lowest BCUT2D eigenvalue weighted by Gasteiger charge is -2.36. The molecular weight excluding hydrogens is 556 g/mol. The molecule has 0 amide bonds. The molecule has 0 radical (unpaired) electrons. The third-order valence-electron chi connectivity index (χ3n) is 11.6. The van der Waals surface area contributed by atoms with Crippen LogP contribution in [0.15, 0.2) is 48.1 Å². The lowest BCUT2D eigenvalue weighted by molar-refractivity contribution is -0.159. The normalized spacial score (nSPS) is 29.7. The lowest BCUT2D eigenvalue weighted by atomic mass is 9.67. The van der Waals surface area contributed by atoms with Crippen LogP contribution in [0.1, 0.15) is 127 Å². The van der Waals surface area contributed by atoms with Gasteiger partial charge in [-0.1, -0.05) is 90.5 Å². The number of ether oxygens (including phenoxy) is 1. The molecule has 0 heterocycles. The third-order valence-corrected chi connectivity index (χ3v) is 11.6. The Morgan fingerprint density at radius 3 is 2.31 bits per heavy atom. The van der Waals surface area contributed by atoms with E-state index >= 15 is 0 Å². The van der Waals surface area contributed by atoms with E-state index in [0.29, 0.717) is 30.1 Å². The van der Waals surface area contributed by atoms with E-state index in [2.05, 4.69) is 72.9 Å². The van der Waals surface area contributed by atoms with Crippen molar-refractivity contribution in [3.05, 3.63) is 48.1 Å². The Balaban J connectivity index is 1.43. The van der Waals surface area contributed by atoms with Crippen LogP contribution in [0.25, 0.3) is 0 Å². The number of fused-ring (bicyclic) bond motifs is 1. The number of Topliss-reactive ketones (excluding diaryl/α,β-unsaturated/α-hetero) is 2. The zero-order chi connectivity index (χ0) is 33.5. The number of esters is 1. The van der Waals surface area contributed by atoms with Gasteiger partial charge in [0.05, 0.1) is 6.42 Å². The summed E-state index contributed by atoms with van der Waals surface area (Å²) in [6.07, 6.45) is 15.4. The number of hydrogen-bond acceptors (Lipinski definition) is 4. The fraction of sp³-hybridized carbons (Fsp3) is 0.732. The molecule has 0 saturated heterocycles. The zero-order valence-corrected chi connectivity index (χ0v) is 30.0. The van der Waals surface area contributed by atoms with Crippen LogP contribution in [-0.4, -0.2) is 23.1 Å². The first-order chi connectivity index (χ1) is 20.9. The molecule has 8 unspecified atom stereocenters. The summed E-state index contributed by atoms with van der Waals surface area (Å²) in [5.41, 5.74) is 2.61. The van der Waals surface area contributed by atoms with Crippen molar-refractivity contribution in [1.82, 2.24) is 0 Å². The van der Waals surface area contributed by atoms with Gasteiger partial charge in [-0.15, -0.1) is 0 Å². The van der Waals surface area contributed by atoms with Gasteiger partial charge >= 0.3 is 5.97 Å². The van der Waals surface area contributed by atoms with E-state index in [9.17, 15) is 14.4 Å². The first kappa shape index (κ1) is 35.6. The van der Waals surface area contributed by atoms with Crippen molar-refractivity contribution in [1.29, 1.82) is 0 Å². The number of allylic oxidation sites excluding steroid dienone is 6. The van der Waals surface area contributed by atoms with Crippen LogP contribution in [0.4, 0.5) is 0 Å². The van der Waals surface area contributed by atoms with E-state index < -0.39 is 11.5 Å². The van der Waals surface area contributed by atoms with Crippen LogP contribution in [0.3, 0.4) is 0 Å². The second kappa shape index (κ2) is 13.5. The van der Waals surface area contributed by atoms with Crippen LogP contribution in [-0.2, 0) is 19.1 Å². The molecule has 45 heavy (non-hydrogen) atoms. The smallest absolute Gasteiger partial charge is 0.307 e. The topological polar surface area (TPSA) is 60.4 Å². The monoisotopic (exact) mass is 618 g/mol. The summed E-state index contributed by atoms with van der Waals surface area (Å²) in [5, 5.41) is 0. The highest BCUT2D eigenvalue weighted by atomic mass is 16.6. The molecule has 4 heteroatoms. The largest absolute Gasteiger partial charge is 0.460 e. The van der Waals surface area contributed by atoms with Crippen LogP contribution in [0.2, 0.25) is 0 Å². The van der Waals surface area contributed by atoms with Gasteiger partial charge < -0.3 is 4.74 Å². The minimum atomic E-state index is -0.589. The van der Waals surface area contributed by atoms with E-state index in [-0.39, 0.29) is 52.5 Å². The summed E-state index contributed by atoms with van der Waals surface area (Å²) in [5.74, 6) is 1.64. The summed E-state index contributed by atoms with van der Waals surface area (Å²) >= 11 is 0. The predicted octanol–water partition coefficient (Wildman–Crippen LogP) is 10.0. The average molecular weight is 619 g/mol. The maximum Gasteiger partial charge on any atom is 0.307 e. The highest BCUT2D eigenvalue weighted by molar-refractivity contribution is 5.96. The van der Waals surface area contributed by atoms with E-state index in [1.807, 2.05) is 20.8 Å². The van der Waals surface area contributed by atoms with Gasteiger partial charge in [0.25, 0.3) is 0 Å². The molecule has 0 aromatic heterocycles. The van der Waals surface area contributed by atoms with Crippen LogP contribution in [0, 0.1) is 58.2 Å². The van der Waals surface area contributed by atoms with E-state index in [1.54, 1.807) is 5.57 Å². The van der Waals surface area contributed by atoms with Crippen molar-refractivity contribution in [2.45, 2.75) is 132 Å². The molecule has 0 spiro atoms. The molecule has 0 N–H and O–H groups in total. The minimum absolute atomic E-state index is 0.0476. The Labute approximate surface area is 274 Å². The van der Waals surface area contributed by atoms with Crippen LogP contribution in [0.5, 0.6) is 0 Å². The van der Waals surface area contributed by atoms with Gasteiger partial charge in [0.2, 0.25) is 0 Å². The molecule has 3 fully saturated rings. The molecule has 0 aromatic carbocycles. The van der Waals surface area contributed by atoms with Gasteiger partial charge in [-0.3, -0.25) is 14.4 Å². The quantitative estimate of drug-likeness (QED) is 0.104. The second-order valence-corrected chi connectivity index (χ2v) is 17.6. The first-order valence-corrected chi connectivity index (χ1v) is 17.9. The van der Waals surface area contributed by atoms with Crippen molar-refractivity contribution >= 4 is 17.5 Å². The Morgan fingerprint density at radius 1 is 1.04 bits per heavy atom. The van der Waals surface area contributed by atoms with Crippen LogP contribution < -0.4 is 0 Å². The lowest BCUT2D eigenvalue weighted by Crippen LogP contribution is -2.39. The number of hydrogen-bond donors (Lipinski definition) is 0. The fourth-order valence-corrected chi connectivity index (χ4v) is 8.94. The van der Waals surface area contributed by atoms with Gasteiger partial charge in [0.1, 0.15) is 11.4 Å². The summed E-state index contributed by atoms with van der Waals surface area (Å²) in [6.45, 7) is 27.4. The maximum atomic E-state index is 14.4. The van der Waals surface area contributed by atoms with Gasteiger partial charge in [-0.2, -0.15) is 0 Å². The van der Waals surface area contributed by atoms with Crippen molar-refractivity contribution in [3.63, 3.8) is 0 Å². The van der Waals surface area contributed by atoms with Gasteiger partial charge in [-0.25, -0.2) is 0 Å². The SMILES string of the molecule is C=C(CCC1CC1C1=CC=CCC1)C(=O)C(CCC)CC(=C)C1C(C(=O)C(CC(=O)OC(C)(C)C)C(C)(C)C)CC2C1C2(C)C. The van der Waals surface area contributed by atoms with Crippen LogP contribution >= 0.6 is 0 Å². The molecule has 4 nitrogen and oxygen atoms in total. The van der Waals surface area contributed by atoms with Crippen molar-refractivity contribution in [2.75, 3.05) is 0 Å². The second-order valence-electron chi connectivity index (χ2n) is 17.6. The molecule has 250 valence electrons. The standard InChI is InChI=1S/C41H62O4/c1-12-16-29(37(43)25(2)19-20-28-22-30(28)27-17-14-13-15-18-27)21-26(3)35-31(23-32-36(35)41(32,10)11)38(44)33(39(4,5)6)24-34(42)45-40(7,8)9/h13-14,17,28-33,35-36H,2-3,12,15-16,18-24H2,1,4-11H3. The van der Waals surface area contributed by atoms with Crippen molar-refractivity contribution in [3.8, 4) is 0 Å². The molecule has 4 rings (SSSR count). The molecule has 0 aliphatic heterocycles. The molecule has 4 aliphatic rings. The Bertz CT molecular complexity index is 1230.